The molecule has 0 fully saturated rings. The average molecular weight is 301 g/mol. The van der Waals surface area contributed by atoms with Crippen LogP contribution in [0.15, 0.2) is 23.1 Å². The summed E-state index contributed by atoms with van der Waals surface area (Å²) in [7, 11) is -2.35. The fraction of sp³-hybridized carbons (Fsp3) is 0.500. The highest BCUT2D eigenvalue weighted by Crippen LogP contribution is 2.29. The lowest BCUT2D eigenvalue weighted by Crippen LogP contribution is -2.44. The van der Waals surface area contributed by atoms with E-state index in [2.05, 4.69) is 0 Å². The van der Waals surface area contributed by atoms with Gasteiger partial charge in [-0.3, -0.25) is 10.1 Å². The van der Waals surface area contributed by atoms with Gasteiger partial charge in [-0.2, -0.15) is 4.31 Å². The Kier molecular flexibility index (Phi) is 4.40. The lowest BCUT2D eigenvalue weighted by Gasteiger charge is -2.33. The Hall–Kier alpha value is -1.67. The SMILES string of the molecule is CCC(C)(C)N(C)S(=O)(=O)c1ccc(N)c([N+](=O)[O-])c1. The molecule has 0 saturated carbocycles. The van der Waals surface area contributed by atoms with Crippen LogP contribution in [0.4, 0.5) is 11.4 Å². The van der Waals surface area contributed by atoms with Crippen molar-refractivity contribution in [1.82, 2.24) is 4.31 Å². The van der Waals surface area contributed by atoms with E-state index in [0.717, 1.165) is 6.07 Å². The van der Waals surface area contributed by atoms with E-state index in [1.54, 1.807) is 13.8 Å². The van der Waals surface area contributed by atoms with Crippen LogP contribution >= 0.6 is 0 Å². The molecule has 1 rings (SSSR count). The van der Waals surface area contributed by atoms with Crippen LogP contribution in [0.5, 0.6) is 0 Å². The highest BCUT2D eigenvalue weighted by atomic mass is 32.2. The minimum atomic E-state index is -3.81. The molecule has 112 valence electrons. The highest BCUT2D eigenvalue weighted by Gasteiger charge is 2.33. The third-order valence-electron chi connectivity index (χ3n) is 3.57. The Labute approximate surface area is 118 Å². The summed E-state index contributed by atoms with van der Waals surface area (Å²) in [5.41, 5.74) is 4.41. The second-order valence-corrected chi connectivity index (χ2v) is 7.09. The summed E-state index contributed by atoms with van der Waals surface area (Å²) in [6.07, 6.45) is 0.611. The molecule has 20 heavy (non-hydrogen) atoms. The molecule has 7 nitrogen and oxygen atoms in total. The molecule has 0 atom stereocenters. The Balaban J connectivity index is 3.37. The summed E-state index contributed by atoms with van der Waals surface area (Å²) < 4.78 is 26.2. The van der Waals surface area contributed by atoms with Gasteiger partial charge < -0.3 is 5.73 Å². The van der Waals surface area contributed by atoms with Crippen molar-refractivity contribution in [3.63, 3.8) is 0 Å². The second-order valence-electron chi connectivity index (χ2n) is 5.12. The molecule has 0 aromatic heterocycles. The molecule has 0 aliphatic rings. The molecule has 0 radical (unpaired) electrons. The van der Waals surface area contributed by atoms with Crippen LogP contribution < -0.4 is 5.73 Å². The summed E-state index contributed by atoms with van der Waals surface area (Å²) >= 11 is 0. The number of hydrogen-bond acceptors (Lipinski definition) is 5. The molecular formula is C12H19N3O4S. The van der Waals surface area contributed by atoms with Crippen LogP contribution in [0.25, 0.3) is 0 Å². The summed E-state index contributed by atoms with van der Waals surface area (Å²) in [5, 5.41) is 10.8. The van der Waals surface area contributed by atoms with Crippen LogP contribution in [0.2, 0.25) is 0 Å². The van der Waals surface area contributed by atoms with Crippen LogP contribution in [0, 0.1) is 10.1 Å². The fourth-order valence-electron chi connectivity index (χ4n) is 1.55. The van der Waals surface area contributed by atoms with Gasteiger partial charge in [0.1, 0.15) is 5.69 Å². The number of nitro benzene ring substituents is 1. The lowest BCUT2D eigenvalue weighted by molar-refractivity contribution is -0.384. The van der Waals surface area contributed by atoms with Crippen molar-refractivity contribution in [3.8, 4) is 0 Å². The van der Waals surface area contributed by atoms with Crippen molar-refractivity contribution >= 4 is 21.4 Å². The standard InChI is InChI=1S/C12H19N3O4S/c1-5-12(2,3)14(4)20(18,19)9-6-7-10(13)11(8-9)15(16)17/h6-8H,5,13H2,1-4H3. The maximum Gasteiger partial charge on any atom is 0.293 e. The molecule has 2 N–H and O–H groups in total. The minimum absolute atomic E-state index is 0.0636. The van der Waals surface area contributed by atoms with Crippen LogP contribution in [0.1, 0.15) is 27.2 Å². The number of anilines is 1. The third-order valence-corrected chi connectivity index (χ3v) is 5.64. The quantitative estimate of drug-likeness (QED) is 0.508. The predicted octanol–water partition coefficient (Wildman–Crippen LogP) is 1.99. The molecule has 0 spiro atoms. The van der Waals surface area contributed by atoms with Crippen LogP contribution in [-0.4, -0.2) is 30.2 Å². The fourth-order valence-corrected chi connectivity index (χ4v) is 3.14. The zero-order chi connectivity index (χ0) is 15.7. The summed E-state index contributed by atoms with van der Waals surface area (Å²) in [4.78, 5) is 10.0. The molecule has 0 amide bonds. The molecule has 0 saturated heterocycles. The van der Waals surface area contributed by atoms with Crippen molar-refractivity contribution in [3.05, 3.63) is 28.3 Å². The number of benzene rings is 1. The molecule has 0 unspecified atom stereocenters. The van der Waals surface area contributed by atoms with Gasteiger partial charge in [-0.25, -0.2) is 8.42 Å². The number of nitrogens with two attached hydrogens (primary N) is 1. The van der Waals surface area contributed by atoms with Gasteiger partial charge in [0.25, 0.3) is 5.69 Å². The first-order valence-corrected chi connectivity index (χ1v) is 7.51. The smallest absolute Gasteiger partial charge is 0.293 e. The molecule has 0 aliphatic heterocycles. The first-order chi connectivity index (χ1) is 9.04. The van der Waals surface area contributed by atoms with Crippen molar-refractivity contribution in [2.75, 3.05) is 12.8 Å². The molecular weight excluding hydrogens is 282 g/mol. The van der Waals surface area contributed by atoms with Crippen LogP contribution in [0.3, 0.4) is 0 Å². The predicted molar refractivity (Wildman–Crippen MR) is 76.8 cm³/mol. The van der Waals surface area contributed by atoms with E-state index in [-0.39, 0.29) is 10.6 Å². The van der Waals surface area contributed by atoms with Gasteiger partial charge in [-0.1, -0.05) is 6.92 Å². The number of sulfonamides is 1. The summed E-state index contributed by atoms with van der Waals surface area (Å²) in [6.45, 7) is 5.45. The van der Waals surface area contributed by atoms with Gasteiger partial charge in [-0.15, -0.1) is 0 Å². The Morgan fingerprint density at radius 3 is 2.40 bits per heavy atom. The van der Waals surface area contributed by atoms with E-state index < -0.39 is 26.2 Å². The molecule has 0 aliphatic carbocycles. The lowest BCUT2D eigenvalue weighted by atomic mass is 10.0. The zero-order valence-electron chi connectivity index (χ0n) is 12.0. The van der Waals surface area contributed by atoms with Gasteiger partial charge >= 0.3 is 0 Å². The molecule has 1 aromatic rings. The zero-order valence-corrected chi connectivity index (χ0v) is 12.8. The summed E-state index contributed by atoms with van der Waals surface area (Å²) in [5.74, 6) is 0. The normalized spacial score (nSPS) is 12.7. The van der Waals surface area contributed by atoms with Gasteiger partial charge in [0.15, 0.2) is 0 Å². The van der Waals surface area contributed by atoms with E-state index in [1.807, 2.05) is 6.92 Å². The minimum Gasteiger partial charge on any atom is -0.393 e. The number of hydrogen-bond donors (Lipinski definition) is 1. The second kappa shape index (κ2) is 5.37. The first-order valence-electron chi connectivity index (χ1n) is 6.07. The van der Waals surface area contributed by atoms with Gasteiger partial charge in [0.2, 0.25) is 10.0 Å². The molecule has 8 heteroatoms. The van der Waals surface area contributed by atoms with E-state index in [0.29, 0.717) is 6.42 Å². The van der Waals surface area contributed by atoms with Gasteiger partial charge in [-0.05, 0) is 32.4 Å². The highest BCUT2D eigenvalue weighted by molar-refractivity contribution is 7.89. The molecule has 0 heterocycles. The molecule has 1 aromatic carbocycles. The van der Waals surface area contributed by atoms with E-state index >= 15 is 0 Å². The Bertz CT molecular complexity index is 626. The third kappa shape index (κ3) is 2.91. The van der Waals surface area contributed by atoms with Crippen molar-refractivity contribution < 1.29 is 13.3 Å². The first kappa shape index (κ1) is 16.4. The maximum absolute atomic E-state index is 12.5. The van der Waals surface area contributed by atoms with Crippen molar-refractivity contribution in [1.29, 1.82) is 0 Å². The Morgan fingerprint density at radius 1 is 1.40 bits per heavy atom. The van der Waals surface area contributed by atoms with E-state index in [4.69, 9.17) is 5.73 Å². The number of nitrogens with zero attached hydrogens (tertiary/aromatic N) is 2. The topological polar surface area (TPSA) is 107 Å². The largest absolute Gasteiger partial charge is 0.393 e. The average Bonchev–Trinajstić information content (AvgIpc) is 2.37. The van der Waals surface area contributed by atoms with Gasteiger partial charge in [0, 0.05) is 18.7 Å². The number of nitrogen functional groups attached to an aromatic ring is 1. The molecule has 0 bridgehead atoms. The Morgan fingerprint density at radius 2 is 1.95 bits per heavy atom. The van der Waals surface area contributed by atoms with Crippen molar-refractivity contribution in [2.24, 2.45) is 0 Å². The van der Waals surface area contributed by atoms with E-state index in [1.165, 1.54) is 23.5 Å². The number of rotatable bonds is 5. The van der Waals surface area contributed by atoms with Crippen molar-refractivity contribution in [2.45, 2.75) is 37.6 Å². The van der Waals surface area contributed by atoms with E-state index in [9.17, 15) is 18.5 Å². The number of nitro groups is 1. The van der Waals surface area contributed by atoms with Crippen LogP contribution in [-0.2, 0) is 10.0 Å². The maximum atomic E-state index is 12.5. The summed E-state index contributed by atoms with van der Waals surface area (Å²) in [6, 6.07) is 3.50. The monoisotopic (exact) mass is 301 g/mol. The van der Waals surface area contributed by atoms with Gasteiger partial charge in [0.05, 0.1) is 9.82 Å².